The normalized spacial score (nSPS) is 12.9. The van der Waals surface area contributed by atoms with Crippen LogP contribution in [0.2, 0.25) is 0 Å². The van der Waals surface area contributed by atoms with E-state index < -0.39 is 0 Å². The van der Waals surface area contributed by atoms with Gasteiger partial charge in [-0.15, -0.1) is 0 Å². The molecule has 0 spiro atoms. The van der Waals surface area contributed by atoms with Crippen LogP contribution in [-0.4, -0.2) is 12.3 Å². The number of rotatable bonds is 2. The van der Waals surface area contributed by atoms with Crippen molar-refractivity contribution in [2.75, 3.05) is 6.54 Å². The number of nitrogens with two attached hydrogens (primary N) is 1. The molecule has 2 heteroatoms. The molecule has 52 valence electrons. The van der Waals surface area contributed by atoms with E-state index >= 15 is 0 Å². The molecule has 0 aliphatic rings. The van der Waals surface area contributed by atoms with E-state index in [4.69, 9.17) is 5.73 Å². The van der Waals surface area contributed by atoms with E-state index in [0.717, 1.165) is 11.1 Å². The number of hydrogen-bond acceptors (Lipinski definition) is 2. The van der Waals surface area contributed by atoms with Crippen LogP contribution in [0.3, 0.4) is 0 Å². The Labute approximate surface area is 55.7 Å². The molecule has 0 aromatic rings. The first kappa shape index (κ1) is 8.37. The van der Waals surface area contributed by atoms with Crippen LogP contribution in [0, 0.1) is 0 Å². The van der Waals surface area contributed by atoms with Crippen LogP contribution >= 0.6 is 0 Å². The highest BCUT2D eigenvalue weighted by atomic mass is 16.1. The zero-order valence-corrected chi connectivity index (χ0v) is 6.19. The number of Topliss-reactive ketones (excluding diaryl/α,β-unsaturated/α-hetero) is 1. The van der Waals surface area contributed by atoms with E-state index in [-0.39, 0.29) is 5.78 Å². The fraction of sp³-hybridized carbons (Fsp3) is 0.571. The van der Waals surface area contributed by atoms with E-state index in [1.807, 2.05) is 6.92 Å². The molecule has 0 amide bonds. The van der Waals surface area contributed by atoms with Gasteiger partial charge in [-0.3, -0.25) is 4.79 Å². The first-order valence-corrected chi connectivity index (χ1v) is 2.97. The lowest BCUT2D eigenvalue weighted by Gasteiger charge is -1.98. The summed E-state index contributed by atoms with van der Waals surface area (Å²) >= 11 is 0. The molecular formula is C7H13NO. The molecule has 0 aromatic carbocycles. The Balaban J connectivity index is 4.28. The fourth-order valence-corrected chi connectivity index (χ4v) is 0.454. The molecule has 2 nitrogen and oxygen atoms in total. The van der Waals surface area contributed by atoms with Gasteiger partial charge in [-0.1, -0.05) is 5.57 Å². The number of carbonyl (C=O) groups is 1. The lowest BCUT2D eigenvalue weighted by Crippen LogP contribution is -2.05. The number of hydrogen-bond donors (Lipinski definition) is 1. The summed E-state index contributed by atoms with van der Waals surface area (Å²) in [6.07, 6.45) is 0. The molecule has 0 atom stereocenters. The topological polar surface area (TPSA) is 43.1 Å². The maximum atomic E-state index is 10.6. The summed E-state index contributed by atoms with van der Waals surface area (Å²) in [7, 11) is 0. The van der Waals surface area contributed by atoms with Crippen molar-refractivity contribution in [1.29, 1.82) is 0 Å². The summed E-state index contributed by atoms with van der Waals surface area (Å²) in [5, 5.41) is 0. The highest BCUT2D eigenvalue weighted by Crippen LogP contribution is 2.01. The van der Waals surface area contributed by atoms with Gasteiger partial charge in [-0.25, -0.2) is 0 Å². The average Bonchev–Trinajstić information content (AvgIpc) is 1.84. The van der Waals surface area contributed by atoms with Crippen molar-refractivity contribution in [3.63, 3.8) is 0 Å². The lowest BCUT2D eigenvalue weighted by molar-refractivity contribution is -0.113. The standard InChI is InChI=1S/C7H13NO/c1-5(4-8)6(2)7(3)9/h4,8H2,1-3H3. The second-order valence-corrected chi connectivity index (χ2v) is 2.17. The smallest absolute Gasteiger partial charge is 0.155 e. The number of allylic oxidation sites excluding steroid dienone is 1. The van der Waals surface area contributed by atoms with Crippen molar-refractivity contribution in [1.82, 2.24) is 0 Å². The van der Waals surface area contributed by atoms with E-state index in [1.165, 1.54) is 0 Å². The molecular weight excluding hydrogens is 114 g/mol. The second kappa shape index (κ2) is 3.41. The first-order valence-electron chi connectivity index (χ1n) is 2.97. The summed E-state index contributed by atoms with van der Waals surface area (Å²) in [5.74, 6) is 0.109. The van der Waals surface area contributed by atoms with Gasteiger partial charge in [0, 0.05) is 6.54 Å². The Bertz CT molecular complexity index is 147. The summed E-state index contributed by atoms with van der Waals surface area (Å²) < 4.78 is 0. The summed E-state index contributed by atoms with van der Waals surface area (Å²) in [4.78, 5) is 10.6. The first-order chi connectivity index (χ1) is 4.09. The van der Waals surface area contributed by atoms with Crippen molar-refractivity contribution in [2.24, 2.45) is 5.73 Å². The van der Waals surface area contributed by atoms with Gasteiger partial charge in [-0.2, -0.15) is 0 Å². The minimum Gasteiger partial charge on any atom is -0.327 e. The van der Waals surface area contributed by atoms with Crippen molar-refractivity contribution in [2.45, 2.75) is 20.8 Å². The molecule has 2 N–H and O–H groups in total. The van der Waals surface area contributed by atoms with Gasteiger partial charge in [0.15, 0.2) is 5.78 Å². The number of ketones is 1. The van der Waals surface area contributed by atoms with Gasteiger partial charge in [0.2, 0.25) is 0 Å². The minimum absolute atomic E-state index is 0.109. The van der Waals surface area contributed by atoms with Crippen molar-refractivity contribution in [3.8, 4) is 0 Å². The van der Waals surface area contributed by atoms with Gasteiger partial charge in [0.25, 0.3) is 0 Å². The maximum Gasteiger partial charge on any atom is 0.155 e. The third-order valence-corrected chi connectivity index (χ3v) is 1.47. The SMILES string of the molecule is CC(=O)C(C)=C(C)CN. The predicted octanol–water partition coefficient (Wildman–Crippen LogP) is 0.871. The Kier molecular flexibility index (Phi) is 3.17. The van der Waals surface area contributed by atoms with Gasteiger partial charge < -0.3 is 5.73 Å². The molecule has 0 fully saturated rings. The lowest BCUT2D eigenvalue weighted by atomic mass is 10.1. The monoisotopic (exact) mass is 127 g/mol. The van der Waals surface area contributed by atoms with Crippen LogP contribution < -0.4 is 5.73 Å². The third kappa shape index (κ3) is 2.42. The zero-order valence-electron chi connectivity index (χ0n) is 6.19. The summed E-state index contributed by atoms with van der Waals surface area (Å²) in [6, 6.07) is 0. The minimum atomic E-state index is 0.109. The molecule has 0 saturated heterocycles. The Morgan fingerprint density at radius 1 is 1.33 bits per heavy atom. The van der Waals surface area contributed by atoms with Gasteiger partial charge in [0.05, 0.1) is 0 Å². The second-order valence-electron chi connectivity index (χ2n) is 2.17. The van der Waals surface area contributed by atoms with Gasteiger partial charge in [0.1, 0.15) is 0 Å². The predicted molar refractivity (Wildman–Crippen MR) is 38.1 cm³/mol. The van der Waals surface area contributed by atoms with Crippen molar-refractivity contribution >= 4 is 5.78 Å². The molecule has 0 aliphatic carbocycles. The van der Waals surface area contributed by atoms with E-state index in [0.29, 0.717) is 6.54 Å². The molecule has 0 unspecified atom stereocenters. The van der Waals surface area contributed by atoms with Crippen LogP contribution in [-0.2, 0) is 4.79 Å². The Hall–Kier alpha value is -0.630. The zero-order chi connectivity index (χ0) is 7.44. The molecule has 0 rings (SSSR count). The maximum absolute atomic E-state index is 10.6. The average molecular weight is 127 g/mol. The fourth-order valence-electron chi connectivity index (χ4n) is 0.454. The quantitative estimate of drug-likeness (QED) is 0.559. The molecule has 0 bridgehead atoms. The third-order valence-electron chi connectivity index (χ3n) is 1.47. The highest BCUT2D eigenvalue weighted by molar-refractivity contribution is 5.93. The van der Waals surface area contributed by atoms with Crippen LogP contribution in [0.15, 0.2) is 11.1 Å². The summed E-state index contributed by atoms with van der Waals surface area (Å²) in [6.45, 7) is 5.70. The largest absolute Gasteiger partial charge is 0.327 e. The van der Waals surface area contributed by atoms with Crippen LogP contribution in [0.25, 0.3) is 0 Å². The van der Waals surface area contributed by atoms with E-state index in [2.05, 4.69) is 0 Å². The summed E-state index contributed by atoms with van der Waals surface area (Å²) in [5.41, 5.74) is 7.06. The number of carbonyl (C=O) groups excluding carboxylic acids is 1. The van der Waals surface area contributed by atoms with E-state index in [1.54, 1.807) is 13.8 Å². The molecule has 0 radical (unpaired) electrons. The van der Waals surface area contributed by atoms with Gasteiger partial charge >= 0.3 is 0 Å². The molecule has 0 heterocycles. The molecule has 0 saturated carbocycles. The Morgan fingerprint density at radius 3 is 1.89 bits per heavy atom. The van der Waals surface area contributed by atoms with Crippen LogP contribution in [0.5, 0.6) is 0 Å². The molecule has 0 aliphatic heterocycles. The van der Waals surface area contributed by atoms with Crippen molar-refractivity contribution in [3.05, 3.63) is 11.1 Å². The van der Waals surface area contributed by atoms with Crippen LogP contribution in [0.4, 0.5) is 0 Å². The molecule has 0 aromatic heterocycles. The van der Waals surface area contributed by atoms with Gasteiger partial charge in [-0.05, 0) is 26.3 Å². The molecule has 9 heavy (non-hydrogen) atoms. The van der Waals surface area contributed by atoms with E-state index in [9.17, 15) is 4.79 Å². The van der Waals surface area contributed by atoms with Crippen molar-refractivity contribution < 1.29 is 4.79 Å². The Morgan fingerprint density at radius 2 is 1.78 bits per heavy atom. The van der Waals surface area contributed by atoms with Crippen LogP contribution in [0.1, 0.15) is 20.8 Å². The highest BCUT2D eigenvalue weighted by Gasteiger charge is 1.98.